The molecule has 3 heterocycles. The van der Waals surface area contributed by atoms with Crippen molar-refractivity contribution < 1.29 is 19.3 Å². The molecule has 4 rings (SSSR count). The monoisotopic (exact) mass is 441 g/mol. The molecule has 1 saturated heterocycles. The van der Waals surface area contributed by atoms with Gasteiger partial charge in [0.2, 0.25) is 11.6 Å². The van der Waals surface area contributed by atoms with Crippen molar-refractivity contribution in [2.45, 2.75) is 25.8 Å². The van der Waals surface area contributed by atoms with E-state index in [0.717, 1.165) is 25.9 Å². The molecule has 32 heavy (non-hydrogen) atoms. The fourth-order valence-corrected chi connectivity index (χ4v) is 3.47. The largest absolute Gasteiger partial charge is 0.504 e. The zero-order chi connectivity index (χ0) is 22.5. The third-order valence-electron chi connectivity index (χ3n) is 5.06. The quantitative estimate of drug-likeness (QED) is 0.350. The molecule has 13 heteroatoms. The number of anilines is 1. The number of methoxy groups -OCH3 is 1. The number of nitrogens with one attached hydrogen (secondary N) is 1. The van der Waals surface area contributed by atoms with Crippen LogP contribution in [0.4, 0.5) is 5.82 Å². The van der Waals surface area contributed by atoms with Gasteiger partial charge >= 0.3 is 0 Å². The summed E-state index contributed by atoms with van der Waals surface area (Å²) >= 11 is 0. The number of aromatic hydroxyl groups is 1. The molecule has 1 fully saturated rings. The number of hydrogen-bond donors (Lipinski definition) is 3. The van der Waals surface area contributed by atoms with Crippen molar-refractivity contribution in [3.05, 3.63) is 35.2 Å². The van der Waals surface area contributed by atoms with Crippen molar-refractivity contribution in [3.8, 4) is 17.3 Å². The standard InChI is InChI=1S/C19H23N9O4/c1-31-15-6-5-12(9-14(15)29)10-21-23-19(30)16-13(11-27-7-3-2-4-8-27)22-26-28(16)18-17(20)24-32-25-18/h5-6,9-10,29H,2-4,7-8,11H2,1H3,(H2,20,24)(H,23,30). The molecule has 1 aromatic carbocycles. The number of phenolic OH excluding ortho intramolecular Hbond substituents is 1. The van der Waals surface area contributed by atoms with Crippen molar-refractivity contribution in [2.75, 3.05) is 25.9 Å². The summed E-state index contributed by atoms with van der Waals surface area (Å²) in [6.07, 6.45) is 4.76. The van der Waals surface area contributed by atoms with Gasteiger partial charge in [-0.25, -0.2) is 10.1 Å². The molecule has 0 bridgehead atoms. The highest BCUT2D eigenvalue weighted by molar-refractivity contribution is 5.95. The fourth-order valence-electron chi connectivity index (χ4n) is 3.47. The number of ether oxygens (including phenoxy) is 1. The summed E-state index contributed by atoms with van der Waals surface area (Å²) in [5, 5.41) is 29.3. The summed E-state index contributed by atoms with van der Waals surface area (Å²) in [5.41, 5.74) is 9.41. The van der Waals surface area contributed by atoms with E-state index in [1.165, 1.54) is 30.5 Å². The SMILES string of the molecule is COc1ccc(C=NNC(=O)c2c(CN3CCCCC3)nnn2-c2nonc2N)cc1O. The average molecular weight is 441 g/mol. The van der Waals surface area contributed by atoms with Crippen LogP contribution in [-0.4, -0.2) is 67.6 Å². The molecule has 1 aliphatic heterocycles. The Bertz CT molecular complexity index is 1120. The number of piperidine rings is 1. The molecule has 2 aromatic heterocycles. The molecule has 1 aliphatic rings. The van der Waals surface area contributed by atoms with Crippen LogP contribution in [0, 0.1) is 0 Å². The second-order valence-electron chi connectivity index (χ2n) is 7.24. The predicted octanol–water partition coefficient (Wildman–Crippen LogP) is 0.696. The molecule has 0 radical (unpaired) electrons. The Labute approximate surface area is 182 Å². The summed E-state index contributed by atoms with van der Waals surface area (Å²) < 4.78 is 10.8. The van der Waals surface area contributed by atoms with Crippen LogP contribution in [0.1, 0.15) is 41.0 Å². The number of hydrogen-bond acceptors (Lipinski definition) is 11. The number of benzene rings is 1. The maximum atomic E-state index is 13.0. The van der Waals surface area contributed by atoms with Crippen LogP contribution < -0.4 is 15.9 Å². The van der Waals surface area contributed by atoms with Gasteiger partial charge in [-0.2, -0.15) is 9.78 Å². The molecule has 0 spiro atoms. The van der Waals surface area contributed by atoms with E-state index >= 15 is 0 Å². The molecule has 0 unspecified atom stereocenters. The lowest BCUT2D eigenvalue weighted by Crippen LogP contribution is -2.31. The Morgan fingerprint density at radius 3 is 2.84 bits per heavy atom. The van der Waals surface area contributed by atoms with Gasteiger partial charge in [0.05, 0.1) is 13.3 Å². The predicted molar refractivity (Wildman–Crippen MR) is 112 cm³/mol. The maximum absolute atomic E-state index is 13.0. The highest BCUT2D eigenvalue weighted by Gasteiger charge is 2.26. The Morgan fingerprint density at radius 2 is 2.16 bits per heavy atom. The van der Waals surface area contributed by atoms with E-state index in [0.29, 0.717) is 23.6 Å². The first-order valence-corrected chi connectivity index (χ1v) is 10.0. The van der Waals surface area contributed by atoms with E-state index in [2.05, 4.69) is 40.7 Å². The van der Waals surface area contributed by atoms with Crippen LogP contribution in [-0.2, 0) is 6.54 Å². The van der Waals surface area contributed by atoms with Crippen molar-refractivity contribution in [1.82, 2.24) is 35.6 Å². The number of phenols is 1. The van der Waals surface area contributed by atoms with Gasteiger partial charge in [0.15, 0.2) is 17.2 Å². The third-order valence-corrected chi connectivity index (χ3v) is 5.06. The minimum absolute atomic E-state index is 0.0225. The Morgan fingerprint density at radius 1 is 1.34 bits per heavy atom. The summed E-state index contributed by atoms with van der Waals surface area (Å²) in [6, 6.07) is 4.74. The number of carbonyl (C=O) groups excluding carboxylic acids is 1. The first-order chi connectivity index (χ1) is 15.6. The van der Waals surface area contributed by atoms with Gasteiger partial charge in [0.25, 0.3) is 5.91 Å². The van der Waals surface area contributed by atoms with Crippen molar-refractivity contribution in [1.29, 1.82) is 0 Å². The molecule has 1 amide bonds. The summed E-state index contributed by atoms with van der Waals surface area (Å²) in [7, 11) is 1.46. The first-order valence-electron chi connectivity index (χ1n) is 10.0. The molecule has 168 valence electrons. The van der Waals surface area contributed by atoms with Gasteiger partial charge in [-0.05, 0) is 60.0 Å². The topological polar surface area (TPSA) is 170 Å². The van der Waals surface area contributed by atoms with E-state index in [1.54, 1.807) is 12.1 Å². The lowest BCUT2D eigenvalue weighted by Gasteiger charge is -2.25. The lowest BCUT2D eigenvalue weighted by molar-refractivity contribution is 0.0944. The number of carbonyl (C=O) groups is 1. The number of nitrogens with zero attached hydrogens (tertiary/aromatic N) is 7. The normalized spacial score (nSPS) is 14.7. The van der Waals surface area contributed by atoms with E-state index in [-0.39, 0.29) is 23.1 Å². The smallest absolute Gasteiger partial charge is 0.292 e. The van der Waals surface area contributed by atoms with E-state index < -0.39 is 5.91 Å². The van der Waals surface area contributed by atoms with E-state index in [9.17, 15) is 9.90 Å². The number of likely N-dealkylation sites (tertiary alicyclic amines) is 1. The van der Waals surface area contributed by atoms with Crippen molar-refractivity contribution in [2.24, 2.45) is 5.10 Å². The fraction of sp³-hybridized carbons (Fsp3) is 0.368. The number of amides is 1. The Kier molecular flexibility index (Phi) is 6.26. The zero-order valence-corrected chi connectivity index (χ0v) is 17.4. The van der Waals surface area contributed by atoms with Gasteiger partial charge in [0.1, 0.15) is 5.69 Å². The van der Waals surface area contributed by atoms with Gasteiger partial charge in [-0.1, -0.05) is 11.6 Å². The van der Waals surface area contributed by atoms with Crippen LogP contribution in [0.2, 0.25) is 0 Å². The van der Waals surface area contributed by atoms with Crippen LogP contribution in [0.15, 0.2) is 27.9 Å². The molecular weight excluding hydrogens is 418 g/mol. The van der Waals surface area contributed by atoms with Crippen molar-refractivity contribution >= 4 is 17.9 Å². The Balaban J connectivity index is 1.57. The highest BCUT2D eigenvalue weighted by Crippen LogP contribution is 2.25. The van der Waals surface area contributed by atoms with Crippen LogP contribution in [0.3, 0.4) is 0 Å². The number of hydrazone groups is 1. The second-order valence-corrected chi connectivity index (χ2v) is 7.24. The van der Waals surface area contributed by atoms with Crippen molar-refractivity contribution in [3.63, 3.8) is 0 Å². The molecule has 4 N–H and O–H groups in total. The van der Waals surface area contributed by atoms with Gasteiger partial charge in [-0.15, -0.1) is 5.10 Å². The molecule has 0 atom stereocenters. The first kappa shape index (κ1) is 21.2. The van der Waals surface area contributed by atoms with Gasteiger partial charge in [0, 0.05) is 6.54 Å². The number of rotatable bonds is 7. The van der Waals surface area contributed by atoms with Crippen LogP contribution >= 0.6 is 0 Å². The molecular formula is C19H23N9O4. The number of nitrogen functional groups attached to an aromatic ring is 1. The zero-order valence-electron chi connectivity index (χ0n) is 17.4. The minimum atomic E-state index is -0.557. The summed E-state index contributed by atoms with van der Waals surface area (Å²) in [4.78, 5) is 15.2. The number of aromatic nitrogens is 5. The number of nitrogens with two attached hydrogens (primary N) is 1. The Hall–Kier alpha value is -4.00. The van der Waals surface area contributed by atoms with Crippen LogP contribution in [0.5, 0.6) is 11.5 Å². The third kappa shape index (κ3) is 4.51. The molecule has 3 aromatic rings. The van der Waals surface area contributed by atoms with E-state index in [1.807, 2.05) is 0 Å². The lowest BCUT2D eigenvalue weighted by atomic mass is 10.1. The van der Waals surface area contributed by atoms with Gasteiger partial charge in [-0.3, -0.25) is 9.69 Å². The highest BCUT2D eigenvalue weighted by atomic mass is 16.6. The second kappa shape index (κ2) is 9.43. The molecule has 0 aliphatic carbocycles. The summed E-state index contributed by atoms with van der Waals surface area (Å²) in [5.74, 6) is -0.217. The molecule has 13 nitrogen and oxygen atoms in total. The van der Waals surface area contributed by atoms with Gasteiger partial charge < -0.3 is 15.6 Å². The molecule has 0 saturated carbocycles. The summed E-state index contributed by atoms with van der Waals surface area (Å²) in [6.45, 7) is 2.28. The minimum Gasteiger partial charge on any atom is -0.504 e. The average Bonchev–Trinajstić information content (AvgIpc) is 3.40. The van der Waals surface area contributed by atoms with Crippen LogP contribution in [0.25, 0.3) is 5.82 Å². The maximum Gasteiger partial charge on any atom is 0.292 e. The van der Waals surface area contributed by atoms with E-state index in [4.69, 9.17) is 10.5 Å².